The van der Waals surface area contributed by atoms with Crippen molar-refractivity contribution in [2.45, 2.75) is 13.3 Å². The number of ether oxygens (including phenoxy) is 2. The molecule has 25 heavy (non-hydrogen) atoms. The van der Waals surface area contributed by atoms with E-state index in [0.29, 0.717) is 29.1 Å². The molecule has 4 nitrogen and oxygen atoms in total. The van der Waals surface area contributed by atoms with Crippen LogP contribution in [0.15, 0.2) is 48.5 Å². The number of fused-ring (bicyclic) bond motifs is 1. The number of halogens is 1. The largest absolute Gasteiger partial charge is 0.481 e. The zero-order valence-corrected chi connectivity index (χ0v) is 14.1. The van der Waals surface area contributed by atoms with Crippen LogP contribution in [0.4, 0.5) is 4.39 Å². The molecular formula is C20H18FNO3. The zero-order valence-electron chi connectivity index (χ0n) is 14.1. The minimum absolute atomic E-state index is 0.0939. The Labute approximate surface area is 145 Å². The summed E-state index contributed by atoms with van der Waals surface area (Å²) in [4.78, 5) is 16.1. The van der Waals surface area contributed by atoms with Gasteiger partial charge in [-0.05, 0) is 30.5 Å². The van der Waals surface area contributed by atoms with Crippen LogP contribution in [0.5, 0.6) is 5.88 Å². The Balaban J connectivity index is 1.98. The predicted molar refractivity (Wildman–Crippen MR) is 94.0 cm³/mol. The minimum Gasteiger partial charge on any atom is -0.481 e. The second-order valence-corrected chi connectivity index (χ2v) is 5.52. The third-order valence-electron chi connectivity index (χ3n) is 3.90. The summed E-state index contributed by atoms with van der Waals surface area (Å²) >= 11 is 0. The Morgan fingerprint density at radius 2 is 2.00 bits per heavy atom. The SMILES string of the molecule is CCOC(=O)Cc1ccc(-c2ccc3cccc(F)c3c2)nc1OC. The van der Waals surface area contributed by atoms with Gasteiger partial charge in [0.15, 0.2) is 0 Å². The van der Waals surface area contributed by atoms with E-state index in [4.69, 9.17) is 9.47 Å². The molecule has 0 saturated carbocycles. The number of rotatable bonds is 5. The fourth-order valence-electron chi connectivity index (χ4n) is 2.70. The summed E-state index contributed by atoms with van der Waals surface area (Å²) in [6.07, 6.45) is 0.0939. The Kier molecular flexibility index (Phi) is 4.93. The number of hydrogen-bond donors (Lipinski definition) is 0. The highest BCUT2D eigenvalue weighted by Crippen LogP contribution is 2.27. The molecule has 0 unspecified atom stereocenters. The lowest BCUT2D eigenvalue weighted by atomic mass is 10.0. The fourth-order valence-corrected chi connectivity index (χ4v) is 2.70. The lowest BCUT2D eigenvalue weighted by molar-refractivity contribution is -0.142. The molecule has 0 N–H and O–H groups in total. The van der Waals surface area contributed by atoms with E-state index in [9.17, 15) is 9.18 Å². The van der Waals surface area contributed by atoms with Crippen LogP contribution in [-0.2, 0) is 16.0 Å². The van der Waals surface area contributed by atoms with E-state index in [-0.39, 0.29) is 18.2 Å². The number of esters is 1. The summed E-state index contributed by atoms with van der Waals surface area (Å²) in [7, 11) is 1.50. The Hall–Kier alpha value is -2.95. The zero-order chi connectivity index (χ0) is 17.8. The first-order valence-electron chi connectivity index (χ1n) is 8.00. The van der Waals surface area contributed by atoms with Gasteiger partial charge in [-0.1, -0.05) is 30.3 Å². The number of benzene rings is 2. The van der Waals surface area contributed by atoms with Gasteiger partial charge in [-0.15, -0.1) is 0 Å². The molecule has 0 spiro atoms. The Morgan fingerprint density at radius 1 is 1.16 bits per heavy atom. The molecule has 3 aromatic rings. The van der Waals surface area contributed by atoms with E-state index in [1.807, 2.05) is 18.2 Å². The van der Waals surface area contributed by atoms with Crippen molar-refractivity contribution in [1.82, 2.24) is 4.98 Å². The summed E-state index contributed by atoms with van der Waals surface area (Å²) < 4.78 is 24.3. The predicted octanol–water partition coefficient (Wildman–Crippen LogP) is 4.16. The molecule has 0 atom stereocenters. The van der Waals surface area contributed by atoms with Gasteiger partial charge < -0.3 is 9.47 Å². The first-order valence-corrected chi connectivity index (χ1v) is 8.00. The molecule has 0 aliphatic heterocycles. The van der Waals surface area contributed by atoms with Crippen LogP contribution in [0.3, 0.4) is 0 Å². The molecule has 3 rings (SSSR count). The third kappa shape index (κ3) is 3.60. The summed E-state index contributed by atoms with van der Waals surface area (Å²) in [6.45, 7) is 2.09. The van der Waals surface area contributed by atoms with Gasteiger partial charge in [0.25, 0.3) is 0 Å². The maximum Gasteiger partial charge on any atom is 0.310 e. The van der Waals surface area contributed by atoms with E-state index < -0.39 is 0 Å². The average molecular weight is 339 g/mol. The first-order chi connectivity index (χ1) is 12.1. The molecule has 0 aliphatic carbocycles. The Bertz CT molecular complexity index is 924. The molecular weight excluding hydrogens is 321 g/mol. The fraction of sp³-hybridized carbons (Fsp3) is 0.200. The molecule has 128 valence electrons. The van der Waals surface area contributed by atoms with Crippen molar-refractivity contribution < 1.29 is 18.7 Å². The highest BCUT2D eigenvalue weighted by atomic mass is 19.1. The normalized spacial score (nSPS) is 10.7. The number of aromatic nitrogens is 1. The smallest absolute Gasteiger partial charge is 0.310 e. The van der Waals surface area contributed by atoms with Gasteiger partial charge in [0.1, 0.15) is 5.82 Å². The second kappa shape index (κ2) is 7.30. The lowest BCUT2D eigenvalue weighted by Crippen LogP contribution is -2.09. The van der Waals surface area contributed by atoms with Gasteiger partial charge in [-0.2, -0.15) is 0 Å². The second-order valence-electron chi connectivity index (χ2n) is 5.52. The average Bonchev–Trinajstić information content (AvgIpc) is 2.62. The quantitative estimate of drug-likeness (QED) is 0.655. The lowest BCUT2D eigenvalue weighted by Gasteiger charge is -2.10. The van der Waals surface area contributed by atoms with Crippen molar-refractivity contribution in [1.29, 1.82) is 0 Å². The standard InChI is InChI=1S/C20H18FNO3/c1-3-25-19(23)12-15-9-10-18(22-20(15)24-2)14-8-7-13-5-4-6-17(21)16(13)11-14/h4-11H,3,12H2,1-2H3. The van der Waals surface area contributed by atoms with Crippen molar-refractivity contribution in [2.75, 3.05) is 13.7 Å². The van der Waals surface area contributed by atoms with Crippen LogP contribution in [-0.4, -0.2) is 24.7 Å². The molecule has 0 amide bonds. The topological polar surface area (TPSA) is 48.4 Å². The van der Waals surface area contributed by atoms with Crippen molar-refractivity contribution in [3.63, 3.8) is 0 Å². The molecule has 0 radical (unpaired) electrons. The number of methoxy groups -OCH3 is 1. The van der Waals surface area contributed by atoms with Gasteiger partial charge >= 0.3 is 5.97 Å². The van der Waals surface area contributed by atoms with Crippen molar-refractivity contribution >= 4 is 16.7 Å². The summed E-state index contributed by atoms with van der Waals surface area (Å²) in [5.74, 6) is -0.243. The van der Waals surface area contributed by atoms with Crippen molar-refractivity contribution in [3.8, 4) is 17.1 Å². The molecule has 0 bridgehead atoms. The molecule has 0 fully saturated rings. The summed E-state index contributed by atoms with van der Waals surface area (Å²) in [5, 5.41) is 1.37. The number of carbonyl (C=O) groups excluding carboxylic acids is 1. The number of nitrogens with zero attached hydrogens (tertiary/aromatic N) is 1. The molecule has 1 aromatic heterocycles. The van der Waals surface area contributed by atoms with Crippen LogP contribution in [0, 0.1) is 5.82 Å². The number of hydrogen-bond acceptors (Lipinski definition) is 4. The van der Waals surface area contributed by atoms with Crippen LogP contribution in [0.1, 0.15) is 12.5 Å². The van der Waals surface area contributed by atoms with Crippen LogP contribution in [0.25, 0.3) is 22.0 Å². The van der Waals surface area contributed by atoms with Gasteiger partial charge in [0, 0.05) is 16.5 Å². The summed E-state index contributed by atoms with van der Waals surface area (Å²) in [5.41, 5.74) is 2.07. The van der Waals surface area contributed by atoms with E-state index in [0.717, 1.165) is 10.9 Å². The maximum absolute atomic E-state index is 14.0. The molecule has 1 heterocycles. The van der Waals surface area contributed by atoms with Crippen molar-refractivity contribution in [3.05, 3.63) is 59.9 Å². The number of pyridine rings is 1. The highest BCUT2D eigenvalue weighted by Gasteiger charge is 2.13. The maximum atomic E-state index is 14.0. The minimum atomic E-state index is -0.330. The van der Waals surface area contributed by atoms with E-state index >= 15 is 0 Å². The Morgan fingerprint density at radius 3 is 2.76 bits per heavy atom. The van der Waals surface area contributed by atoms with Gasteiger partial charge in [-0.3, -0.25) is 4.79 Å². The van der Waals surface area contributed by atoms with Gasteiger partial charge in [0.05, 0.1) is 25.8 Å². The van der Waals surface area contributed by atoms with Gasteiger partial charge in [-0.25, -0.2) is 9.37 Å². The van der Waals surface area contributed by atoms with Crippen LogP contribution in [0.2, 0.25) is 0 Å². The highest BCUT2D eigenvalue weighted by molar-refractivity contribution is 5.87. The first kappa shape index (κ1) is 16.9. The molecule has 5 heteroatoms. The van der Waals surface area contributed by atoms with E-state index in [1.165, 1.54) is 13.2 Å². The monoisotopic (exact) mass is 339 g/mol. The van der Waals surface area contributed by atoms with E-state index in [1.54, 1.807) is 31.2 Å². The molecule has 0 aliphatic rings. The van der Waals surface area contributed by atoms with Gasteiger partial charge in [0.2, 0.25) is 5.88 Å². The summed E-state index contributed by atoms with van der Waals surface area (Å²) in [6, 6.07) is 14.0. The molecule has 2 aromatic carbocycles. The molecule has 0 saturated heterocycles. The third-order valence-corrected chi connectivity index (χ3v) is 3.90. The van der Waals surface area contributed by atoms with Crippen LogP contribution < -0.4 is 4.74 Å². The van der Waals surface area contributed by atoms with Crippen molar-refractivity contribution in [2.24, 2.45) is 0 Å². The van der Waals surface area contributed by atoms with E-state index in [2.05, 4.69) is 4.98 Å². The van der Waals surface area contributed by atoms with Crippen LogP contribution >= 0.6 is 0 Å². The number of carbonyl (C=O) groups is 1.